The average Bonchev–Trinajstić information content (AvgIpc) is 2.24. The van der Waals surface area contributed by atoms with E-state index < -0.39 is 57.9 Å². The summed E-state index contributed by atoms with van der Waals surface area (Å²) < 4.78 is 101. The summed E-state index contributed by atoms with van der Waals surface area (Å²) in [5.74, 6) is -4.43. The summed E-state index contributed by atoms with van der Waals surface area (Å²) >= 11 is 0. The predicted octanol–water partition coefficient (Wildman–Crippen LogP) is 3.19. The second kappa shape index (κ2) is 4.79. The molecule has 21 heavy (non-hydrogen) atoms. The first-order valence-corrected chi connectivity index (χ1v) is 4.73. The monoisotopic (exact) mass is 325 g/mol. The number of benzene rings is 1. The third-order valence-electron chi connectivity index (χ3n) is 2.44. The minimum absolute atomic E-state index is 0.546. The Kier molecular flexibility index (Phi) is 3.89. The number of nitro groups is 1. The first kappa shape index (κ1) is 17.1. The normalized spacial score (nSPS) is 13.4. The molecule has 1 N–H and O–H groups in total. The van der Waals surface area contributed by atoms with Gasteiger partial charge < -0.3 is 5.11 Å². The van der Waals surface area contributed by atoms with E-state index in [1.54, 1.807) is 0 Å². The molecule has 0 amide bonds. The Hall–Kier alpha value is -1.98. The zero-order valence-corrected chi connectivity index (χ0v) is 9.39. The minimum atomic E-state index is -6.45. The van der Waals surface area contributed by atoms with Crippen LogP contribution in [0.1, 0.15) is 5.56 Å². The molecule has 0 radical (unpaired) electrons. The van der Waals surface area contributed by atoms with E-state index in [0.717, 1.165) is 0 Å². The van der Waals surface area contributed by atoms with Gasteiger partial charge in [0.15, 0.2) is 0 Å². The molecular formula is C9H3F8NO3. The lowest BCUT2D eigenvalue weighted by molar-refractivity contribution is -0.389. The number of nitrogens with zero attached hydrogens (tertiary/aromatic N) is 1. The number of alkyl halides is 6. The number of nitro benzene ring substituents is 1. The van der Waals surface area contributed by atoms with Crippen LogP contribution in [0.25, 0.3) is 0 Å². The summed E-state index contributed by atoms with van der Waals surface area (Å²) in [4.78, 5) is 8.65. The average molecular weight is 325 g/mol. The van der Waals surface area contributed by atoms with Gasteiger partial charge in [-0.3, -0.25) is 10.1 Å². The van der Waals surface area contributed by atoms with Crippen molar-refractivity contribution in [3.05, 3.63) is 39.4 Å². The van der Waals surface area contributed by atoms with E-state index in [-0.39, 0.29) is 0 Å². The lowest BCUT2D eigenvalue weighted by Crippen LogP contribution is -2.54. The number of hydrogen-bond acceptors (Lipinski definition) is 3. The van der Waals surface area contributed by atoms with Gasteiger partial charge in [-0.25, -0.2) is 4.39 Å². The minimum Gasteiger partial charge on any atom is -0.369 e. The first-order valence-electron chi connectivity index (χ1n) is 4.73. The molecule has 4 nitrogen and oxygen atoms in total. The highest BCUT2D eigenvalue weighted by Crippen LogP contribution is 2.51. The summed E-state index contributed by atoms with van der Waals surface area (Å²) in [6.45, 7) is 0. The molecule has 12 heteroatoms. The van der Waals surface area contributed by atoms with Crippen molar-refractivity contribution in [1.82, 2.24) is 0 Å². The fourth-order valence-electron chi connectivity index (χ4n) is 1.42. The summed E-state index contributed by atoms with van der Waals surface area (Å²) in [5.41, 5.74) is -10.1. The highest BCUT2D eigenvalue weighted by molar-refractivity contribution is 5.41. The van der Waals surface area contributed by atoms with E-state index in [1.807, 2.05) is 0 Å². The van der Waals surface area contributed by atoms with E-state index in [1.165, 1.54) is 0 Å². The standard InChI is InChI=1S/C9H3F8NO3/c10-4-2-5(11)6(18(20)21)1-3(4)7(19,8(12,13)14)9(15,16)17/h1-2,19H. The van der Waals surface area contributed by atoms with Gasteiger partial charge in [-0.05, 0) is 0 Å². The van der Waals surface area contributed by atoms with Gasteiger partial charge in [0.1, 0.15) is 5.82 Å². The Labute approximate surface area is 109 Å². The molecule has 0 fully saturated rings. The van der Waals surface area contributed by atoms with Crippen molar-refractivity contribution in [2.24, 2.45) is 0 Å². The van der Waals surface area contributed by atoms with Crippen molar-refractivity contribution in [3.63, 3.8) is 0 Å². The molecule has 0 aliphatic carbocycles. The Morgan fingerprint density at radius 3 is 1.71 bits per heavy atom. The van der Waals surface area contributed by atoms with Crippen molar-refractivity contribution in [2.45, 2.75) is 18.0 Å². The molecule has 118 valence electrons. The second-order valence-electron chi connectivity index (χ2n) is 3.75. The molecule has 0 saturated heterocycles. The third kappa shape index (κ3) is 2.62. The zero-order valence-electron chi connectivity index (χ0n) is 9.39. The van der Waals surface area contributed by atoms with E-state index in [9.17, 15) is 45.2 Å². The van der Waals surface area contributed by atoms with Crippen LogP contribution in [0.3, 0.4) is 0 Å². The predicted molar refractivity (Wildman–Crippen MR) is 49.0 cm³/mol. The van der Waals surface area contributed by atoms with Crippen molar-refractivity contribution >= 4 is 5.69 Å². The van der Waals surface area contributed by atoms with E-state index in [2.05, 4.69) is 0 Å². The quantitative estimate of drug-likeness (QED) is 0.516. The van der Waals surface area contributed by atoms with E-state index >= 15 is 0 Å². The SMILES string of the molecule is O=[N+]([O-])c1cc(C(O)(C(F)(F)F)C(F)(F)F)c(F)cc1F. The van der Waals surface area contributed by atoms with Crippen molar-refractivity contribution in [1.29, 1.82) is 0 Å². The molecule has 0 aliphatic rings. The van der Waals surface area contributed by atoms with Crippen LogP contribution in [0.5, 0.6) is 0 Å². The molecule has 0 saturated carbocycles. The summed E-state index contributed by atoms with van der Waals surface area (Å²) in [6.07, 6.45) is -12.9. The molecule has 0 aliphatic heterocycles. The Morgan fingerprint density at radius 1 is 0.952 bits per heavy atom. The van der Waals surface area contributed by atoms with Crippen molar-refractivity contribution < 1.29 is 45.2 Å². The number of rotatable bonds is 2. The zero-order chi connectivity index (χ0) is 16.8. The van der Waals surface area contributed by atoms with Gasteiger partial charge in [-0.2, -0.15) is 30.7 Å². The molecule has 0 aromatic heterocycles. The van der Waals surface area contributed by atoms with Crippen LogP contribution in [0.2, 0.25) is 0 Å². The van der Waals surface area contributed by atoms with Gasteiger partial charge in [0.05, 0.1) is 4.92 Å². The van der Waals surface area contributed by atoms with Gasteiger partial charge in [-0.15, -0.1) is 0 Å². The van der Waals surface area contributed by atoms with Gasteiger partial charge in [0.25, 0.3) is 5.60 Å². The van der Waals surface area contributed by atoms with Gasteiger partial charge in [0.2, 0.25) is 5.82 Å². The van der Waals surface area contributed by atoms with Crippen LogP contribution in [0, 0.1) is 21.7 Å². The maximum atomic E-state index is 13.2. The Bertz CT molecular complexity index is 566. The van der Waals surface area contributed by atoms with Crippen LogP contribution in [-0.2, 0) is 5.60 Å². The van der Waals surface area contributed by atoms with E-state index in [4.69, 9.17) is 5.11 Å². The largest absolute Gasteiger partial charge is 0.430 e. The summed E-state index contributed by atoms with van der Waals surface area (Å²) in [7, 11) is 0. The fraction of sp³-hybridized carbons (Fsp3) is 0.333. The topological polar surface area (TPSA) is 63.4 Å². The molecule has 1 aromatic carbocycles. The molecule has 1 rings (SSSR count). The van der Waals surface area contributed by atoms with Crippen LogP contribution in [0.4, 0.5) is 40.8 Å². The molecule has 0 atom stereocenters. The fourth-order valence-corrected chi connectivity index (χ4v) is 1.42. The van der Waals surface area contributed by atoms with Crippen molar-refractivity contribution in [2.75, 3.05) is 0 Å². The maximum absolute atomic E-state index is 13.2. The summed E-state index contributed by atoms with van der Waals surface area (Å²) in [6, 6.07) is -1.19. The molecule has 1 aromatic rings. The van der Waals surface area contributed by atoms with Crippen LogP contribution >= 0.6 is 0 Å². The Morgan fingerprint density at radius 2 is 1.38 bits per heavy atom. The van der Waals surface area contributed by atoms with E-state index in [0.29, 0.717) is 0 Å². The molecule has 0 spiro atoms. The molecule has 0 heterocycles. The Balaban J connectivity index is 3.77. The summed E-state index contributed by atoms with van der Waals surface area (Å²) in [5, 5.41) is 19.2. The van der Waals surface area contributed by atoms with Gasteiger partial charge in [-0.1, -0.05) is 0 Å². The maximum Gasteiger partial charge on any atom is 0.430 e. The van der Waals surface area contributed by atoms with Crippen molar-refractivity contribution in [3.8, 4) is 0 Å². The number of hydrogen-bond donors (Lipinski definition) is 1. The van der Waals surface area contributed by atoms with Crippen LogP contribution < -0.4 is 0 Å². The lowest BCUT2D eigenvalue weighted by Gasteiger charge is -2.32. The molecular weight excluding hydrogens is 322 g/mol. The van der Waals surface area contributed by atoms with Gasteiger partial charge in [0, 0.05) is 17.7 Å². The van der Waals surface area contributed by atoms with Crippen LogP contribution in [-0.4, -0.2) is 22.4 Å². The second-order valence-corrected chi connectivity index (χ2v) is 3.75. The first-order chi connectivity index (χ1) is 9.23. The molecule has 0 unspecified atom stereocenters. The highest BCUT2D eigenvalue weighted by Gasteiger charge is 2.72. The smallest absolute Gasteiger partial charge is 0.369 e. The highest BCUT2D eigenvalue weighted by atomic mass is 19.4. The van der Waals surface area contributed by atoms with Crippen LogP contribution in [0.15, 0.2) is 12.1 Å². The molecule has 0 bridgehead atoms. The number of aliphatic hydroxyl groups is 1. The van der Waals surface area contributed by atoms with Gasteiger partial charge >= 0.3 is 18.0 Å². The number of halogens is 8. The third-order valence-corrected chi connectivity index (χ3v) is 2.44. The lowest BCUT2D eigenvalue weighted by atomic mass is 9.91.